The molecule has 1 saturated heterocycles. The van der Waals surface area contributed by atoms with Crippen molar-refractivity contribution in [2.45, 2.75) is 19.2 Å². The van der Waals surface area contributed by atoms with Gasteiger partial charge in [-0.2, -0.15) is 13.2 Å². The molecule has 0 aromatic carbocycles. The number of morpholine rings is 1. The fraction of sp³-hybridized carbons (Fsp3) is 0.583. The average Bonchev–Trinajstić information content (AvgIpc) is 2.44. The summed E-state index contributed by atoms with van der Waals surface area (Å²) < 4.78 is 43.2. The highest BCUT2D eigenvalue weighted by molar-refractivity contribution is 5.92. The minimum atomic E-state index is -4.68. The maximum atomic E-state index is 12.6. The summed E-state index contributed by atoms with van der Waals surface area (Å²) in [7, 11) is 0. The fourth-order valence-electron chi connectivity index (χ4n) is 1.86. The van der Waals surface area contributed by atoms with Crippen LogP contribution in [0, 0.1) is 6.92 Å². The number of hydrogen-bond acceptors (Lipinski definition) is 5. The predicted octanol–water partition coefficient (Wildman–Crippen LogP) is 0.522. The standard InChI is InChI=1S/C12H15F3N4O2/c1-7-4-9(19-11(18-7)12(13,14)15)10(20)17-6-8-5-16-2-3-21-8/h4,8,16H,2-3,5-6H2,1H3,(H,17,20). The third-order valence-corrected chi connectivity index (χ3v) is 2.84. The Morgan fingerprint density at radius 3 is 2.90 bits per heavy atom. The molecule has 1 amide bonds. The molecule has 0 bridgehead atoms. The predicted molar refractivity (Wildman–Crippen MR) is 66.7 cm³/mol. The highest BCUT2D eigenvalue weighted by atomic mass is 19.4. The van der Waals surface area contributed by atoms with Gasteiger partial charge in [-0.25, -0.2) is 9.97 Å². The molecule has 1 aliphatic heterocycles. The highest BCUT2D eigenvalue weighted by Gasteiger charge is 2.35. The number of hydrogen-bond donors (Lipinski definition) is 2. The van der Waals surface area contributed by atoms with Crippen molar-refractivity contribution in [3.05, 3.63) is 23.3 Å². The lowest BCUT2D eigenvalue weighted by Crippen LogP contribution is -2.45. The van der Waals surface area contributed by atoms with E-state index in [1.54, 1.807) is 0 Å². The lowest BCUT2D eigenvalue weighted by atomic mass is 10.2. The van der Waals surface area contributed by atoms with Crippen molar-refractivity contribution in [2.24, 2.45) is 0 Å². The molecule has 0 spiro atoms. The van der Waals surface area contributed by atoms with Crippen molar-refractivity contribution in [3.8, 4) is 0 Å². The molecule has 2 heterocycles. The number of halogens is 3. The molecular formula is C12H15F3N4O2. The van der Waals surface area contributed by atoms with Crippen LogP contribution in [0.1, 0.15) is 22.0 Å². The number of amides is 1. The minimum Gasteiger partial charge on any atom is -0.374 e. The van der Waals surface area contributed by atoms with Gasteiger partial charge in [0.25, 0.3) is 5.91 Å². The summed E-state index contributed by atoms with van der Waals surface area (Å²) in [4.78, 5) is 18.4. The topological polar surface area (TPSA) is 76.1 Å². The zero-order valence-corrected chi connectivity index (χ0v) is 11.3. The lowest BCUT2D eigenvalue weighted by Gasteiger charge is -2.23. The summed E-state index contributed by atoms with van der Waals surface area (Å²) in [6.45, 7) is 3.44. The fourth-order valence-corrected chi connectivity index (χ4v) is 1.86. The normalized spacial score (nSPS) is 19.3. The average molecular weight is 304 g/mol. The largest absolute Gasteiger partial charge is 0.451 e. The van der Waals surface area contributed by atoms with Crippen LogP contribution in [-0.2, 0) is 10.9 Å². The third kappa shape index (κ3) is 4.36. The Bertz CT molecular complexity index is 516. The van der Waals surface area contributed by atoms with E-state index in [1.165, 1.54) is 13.0 Å². The molecule has 6 nitrogen and oxygen atoms in total. The Balaban J connectivity index is 2.03. The summed E-state index contributed by atoms with van der Waals surface area (Å²) >= 11 is 0. The summed E-state index contributed by atoms with van der Waals surface area (Å²) in [5, 5.41) is 5.60. The lowest BCUT2D eigenvalue weighted by molar-refractivity contribution is -0.145. The molecule has 1 aliphatic rings. The molecule has 21 heavy (non-hydrogen) atoms. The van der Waals surface area contributed by atoms with Crippen molar-refractivity contribution in [3.63, 3.8) is 0 Å². The molecule has 2 rings (SSSR count). The number of aryl methyl sites for hydroxylation is 1. The van der Waals surface area contributed by atoms with Gasteiger partial charge in [-0.15, -0.1) is 0 Å². The zero-order chi connectivity index (χ0) is 15.5. The number of ether oxygens (including phenoxy) is 1. The van der Waals surface area contributed by atoms with Gasteiger partial charge in [-0.3, -0.25) is 4.79 Å². The molecule has 2 N–H and O–H groups in total. The number of nitrogens with one attached hydrogen (secondary N) is 2. The number of alkyl halides is 3. The van der Waals surface area contributed by atoms with Gasteiger partial charge in [0.1, 0.15) is 5.69 Å². The van der Waals surface area contributed by atoms with Gasteiger partial charge in [-0.05, 0) is 13.0 Å². The smallest absolute Gasteiger partial charge is 0.374 e. The van der Waals surface area contributed by atoms with Crippen LogP contribution >= 0.6 is 0 Å². The number of carbonyl (C=O) groups is 1. The first-order valence-electron chi connectivity index (χ1n) is 6.39. The molecule has 1 aromatic heterocycles. The third-order valence-electron chi connectivity index (χ3n) is 2.84. The molecule has 0 saturated carbocycles. The summed E-state index contributed by atoms with van der Waals surface area (Å²) in [5.74, 6) is -2.00. The van der Waals surface area contributed by atoms with Crippen molar-refractivity contribution in [1.29, 1.82) is 0 Å². The van der Waals surface area contributed by atoms with E-state index in [2.05, 4.69) is 20.6 Å². The maximum absolute atomic E-state index is 12.6. The molecule has 0 radical (unpaired) electrons. The molecule has 0 aliphatic carbocycles. The minimum absolute atomic E-state index is 0.0815. The van der Waals surface area contributed by atoms with E-state index < -0.39 is 17.9 Å². The Hall–Kier alpha value is -1.74. The first-order valence-corrected chi connectivity index (χ1v) is 6.39. The molecule has 1 atom stereocenters. The molecule has 1 fully saturated rings. The summed E-state index contributed by atoms with van der Waals surface area (Å²) in [6.07, 6.45) is -4.88. The van der Waals surface area contributed by atoms with Crippen LogP contribution < -0.4 is 10.6 Å². The van der Waals surface area contributed by atoms with Gasteiger partial charge in [0, 0.05) is 25.3 Å². The van der Waals surface area contributed by atoms with Gasteiger partial charge in [0.2, 0.25) is 5.82 Å². The van der Waals surface area contributed by atoms with E-state index in [-0.39, 0.29) is 24.0 Å². The monoisotopic (exact) mass is 304 g/mol. The number of carbonyl (C=O) groups excluding carboxylic acids is 1. The van der Waals surface area contributed by atoms with Gasteiger partial charge in [-0.1, -0.05) is 0 Å². The van der Waals surface area contributed by atoms with Gasteiger partial charge < -0.3 is 15.4 Å². The molecule has 1 aromatic rings. The second-order valence-electron chi connectivity index (χ2n) is 4.62. The number of nitrogens with zero attached hydrogens (tertiary/aromatic N) is 2. The van der Waals surface area contributed by atoms with Crippen molar-refractivity contribution >= 4 is 5.91 Å². The van der Waals surface area contributed by atoms with Crippen LogP contribution in [0.25, 0.3) is 0 Å². The molecule has 9 heteroatoms. The number of aromatic nitrogens is 2. The van der Waals surface area contributed by atoms with Gasteiger partial charge in [0.15, 0.2) is 0 Å². The number of rotatable bonds is 3. The SMILES string of the molecule is Cc1cc(C(=O)NCC2CNCCO2)nc(C(F)(F)F)n1. The van der Waals surface area contributed by atoms with E-state index in [0.29, 0.717) is 13.2 Å². The molecule has 1 unspecified atom stereocenters. The maximum Gasteiger partial charge on any atom is 0.451 e. The van der Waals surface area contributed by atoms with Crippen molar-refractivity contribution < 1.29 is 22.7 Å². The van der Waals surface area contributed by atoms with Gasteiger partial charge >= 0.3 is 6.18 Å². The summed E-state index contributed by atoms with van der Waals surface area (Å²) in [5.41, 5.74) is -0.225. The van der Waals surface area contributed by atoms with Crippen LogP contribution in [0.3, 0.4) is 0 Å². The zero-order valence-electron chi connectivity index (χ0n) is 11.3. The Morgan fingerprint density at radius 1 is 1.52 bits per heavy atom. The van der Waals surface area contributed by atoms with E-state index in [1.807, 2.05) is 0 Å². The van der Waals surface area contributed by atoms with Crippen LogP contribution in [0.2, 0.25) is 0 Å². The highest BCUT2D eigenvalue weighted by Crippen LogP contribution is 2.26. The van der Waals surface area contributed by atoms with E-state index in [4.69, 9.17) is 4.74 Å². The van der Waals surface area contributed by atoms with Crippen LogP contribution in [0.4, 0.5) is 13.2 Å². The quantitative estimate of drug-likeness (QED) is 0.851. The van der Waals surface area contributed by atoms with Crippen molar-refractivity contribution in [2.75, 3.05) is 26.2 Å². The second-order valence-corrected chi connectivity index (χ2v) is 4.62. The first kappa shape index (κ1) is 15.6. The van der Waals surface area contributed by atoms with E-state index in [9.17, 15) is 18.0 Å². The Labute approximate surface area is 119 Å². The molecular weight excluding hydrogens is 289 g/mol. The Morgan fingerprint density at radius 2 is 2.29 bits per heavy atom. The first-order chi connectivity index (χ1) is 9.86. The van der Waals surface area contributed by atoms with Gasteiger partial charge in [0.05, 0.1) is 12.7 Å². The van der Waals surface area contributed by atoms with E-state index in [0.717, 1.165) is 6.54 Å². The summed E-state index contributed by atoms with van der Waals surface area (Å²) in [6, 6.07) is 1.21. The van der Waals surface area contributed by atoms with Crippen molar-refractivity contribution in [1.82, 2.24) is 20.6 Å². The van der Waals surface area contributed by atoms with E-state index >= 15 is 0 Å². The molecule has 116 valence electrons. The van der Waals surface area contributed by atoms with Crippen LogP contribution in [0.5, 0.6) is 0 Å². The van der Waals surface area contributed by atoms with Crippen LogP contribution in [-0.4, -0.2) is 48.2 Å². The van der Waals surface area contributed by atoms with Crippen LogP contribution in [0.15, 0.2) is 6.07 Å². The second kappa shape index (κ2) is 6.35. The Kier molecular flexibility index (Phi) is 4.73.